The summed E-state index contributed by atoms with van der Waals surface area (Å²) in [5.41, 5.74) is 0. The number of quaternary nitrogens is 1. The van der Waals surface area contributed by atoms with E-state index in [0.717, 1.165) is 25.9 Å². The van der Waals surface area contributed by atoms with Gasteiger partial charge >= 0.3 is 0 Å². The molecule has 92 valence electrons. The lowest BCUT2D eigenvalue weighted by molar-refractivity contribution is -1.25. The number of aliphatic hydroxyl groups is 2. The topological polar surface area (TPSA) is 58.9 Å². The first-order valence-electron chi connectivity index (χ1n) is 5.62. The average molecular weight is 222 g/mol. The minimum atomic E-state index is -0.0179. The van der Waals surface area contributed by atoms with E-state index in [-0.39, 0.29) is 31.2 Å². The highest BCUT2D eigenvalue weighted by Crippen LogP contribution is 2.12. The molecule has 15 heavy (non-hydrogen) atoms. The first kappa shape index (κ1) is 14.8. The van der Waals surface area contributed by atoms with Gasteiger partial charge in [-0.2, -0.15) is 9.68 Å². The molecule has 0 heterocycles. The van der Waals surface area contributed by atoms with Crippen LogP contribution in [-0.4, -0.2) is 54.5 Å². The SMILES string of the molecule is CCC[N+](CCC)(OCCO)OCCO. The first-order valence-corrected chi connectivity index (χ1v) is 5.62. The fourth-order valence-electron chi connectivity index (χ4n) is 1.50. The third-order valence-electron chi connectivity index (χ3n) is 1.96. The van der Waals surface area contributed by atoms with E-state index in [0.29, 0.717) is 0 Å². The van der Waals surface area contributed by atoms with Crippen molar-refractivity contribution in [1.82, 2.24) is 0 Å². The van der Waals surface area contributed by atoms with E-state index in [1.807, 2.05) is 13.8 Å². The van der Waals surface area contributed by atoms with Gasteiger partial charge in [0.1, 0.15) is 26.3 Å². The molecule has 0 rings (SSSR count). The maximum atomic E-state index is 8.75. The quantitative estimate of drug-likeness (QED) is 0.417. The summed E-state index contributed by atoms with van der Waals surface area (Å²) < 4.78 is 0. The lowest BCUT2D eigenvalue weighted by Crippen LogP contribution is -2.50. The van der Waals surface area contributed by atoms with Crippen molar-refractivity contribution in [2.24, 2.45) is 0 Å². The van der Waals surface area contributed by atoms with E-state index in [4.69, 9.17) is 19.9 Å². The highest BCUT2D eigenvalue weighted by Gasteiger charge is 2.30. The van der Waals surface area contributed by atoms with Crippen LogP contribution in [0.4, 0.5) is 0 Å². The lowest BCUT2D eigenvalue weighted by Gasteiger charge is -2.31. The van der Waals surface area contributed by atoms with Crippen molar-refractivity contribution >= 4 is 0 Å². The van der Waals surface area contributed by atoms with Crippen LogP contribution in [0.2, 0.25) is 0 Å². The minimum absolute atomic E-state index is 0.0179. The molecule has 0 aromatic heterocycles. The molecule has 0 aromatic carbocycles. The van der Waals surface area contributed by atoms with Gasteiger partial charge in [-0.25, -0.2) is 0 Å². The van der Waals surface area contributed by atoms with Crippen LogP contribution in [0.15, 0.2) is 0 Å². The number of nitrogens with zero attached hydrogens (tertiary/aromatic N) is 1. The fraction of sp³-hybridized carbons (Fsp3) is 1.00. The third kappa shape index (κ3) is 6.06. The summed E-state index contributed by atoms with van der Waals surface area (Å²) in [5, 5.41) is 17.5. The molecule has 0 saturated heterocycles. The highest BCUT2D eigenvalue weighted by molar-refractivity contribution is 4.28. The molecule has 0 atom stereocenters. The summed E-state index contributed by atoms with van der Waals surface area (Å²) in [5.74, 6) is 0. The fourth-order valence-corrected chi connectivity index (χ4v) is 1.50. The first-order chi connectivity index (χ1) is 7.24. The number of rotatable bonds is 10. The summed E-state index contributed by atoms with van der Waals surface area (Å²) in [7, 11) is 0. The zero-order chi connectivity index (χ0) is 11.6. The molecule has 0 spiro atoms. The highest BCUT2D eigenvalue weighted by atomic mass is 17.0. The average Bonchev–Trinajstić information content (AvgIpc) is 2.24. The second kappa shape index (κ2) is 9.06. The summed E-state index contributed by atoms with van der Waals surface area (Å²) in [6.45, 7) is 6.03. The largest absolute Gasteiger partial charge is 0.394 e. The molecule has 0 saturated carbocycles. The van der Waals surface area contributed by atoms with Gasteiger partial charge in [-0.1, -0.05) is 13.8 Å². The molecule has 0 aliphatic carbocycles. The Bertz CT molecular complexity index is 127. The smallest absolute Gasteiger partial charge is 0.142 e. The Kier molecular flexibility index (Phi) is 8.94. The van der Waals surface area contributed by atoms with Crippen LogP contribution in [0.1, 0.15) is 26.7 Å². The third-order valence-corrected chi connectivity index (χ3v) is 1.96. The Morgan fingerprint density at radius 2 is 1.27 bits per heavy atom. The number of hydroxylamine groups is 4. The van der Waals surface area contributed by atoms with Crippen molar-refractivity contribution in [3.63, 3.8) is 0 Å². The second-order valence-electron chi connectivity index (χ2n) is 3.38. The van der Waals surface area contributed by atoms with Crippen LogP contribution in [0, 0.1) is 0 Å². The molecule has 5 heteroatoms. The van der Waals surface area contributed by atoms with Crippen molar-refractivity contribution < 1.29 is 24.7 Å². The molecule has 0 aliphatic rings. The maximum absolute atomic E-state index is 8.75. The van der Waals surface area contributed by atoms with Crippen molar-refractivity contribution in [2.45, 2.75) is 26.7 Å². The Morgan fingerprint density at radius 3 is 1.53 bits per heavy atom. The van der Waals surface area contributed by atoms with Gasteiger partial charge in [0.2, 0.25) is 0 Å². The number of hydrogen-bond acceptors (Lipinski definition) is 4. The monoisotopic (exact) mass is 222 g/mol. The van der Waals surface area contributed by atoms with Crippen LogP contribution in [-0.2, 0) is 9.68 Å². The zero-order valence-electron chi connectivity index (χ0n) is 9.81. The molecule has 0 aliphatic heterocycles. The van der Waals surface area contributed by atoms with Gasteiger partial charge in [0.05, 0.1) is 13.2 Å². The van der Waals surface area contributed by atoms with E-state index >= 15 is 0 Å². The summed E-state index contributed by atoms with van der Waals surface area (Å²) >= 11 is 0. The van der Waals surface area contributed by atoms with Crippen LogP contribution in [0.5, 0.6) is 0 Å². The predicted octanol–water partition coefficient (Wildman–Crippen LogP) is 0.471. The molecule has 2 N–H and O–H groups in total. The Hall–Kier alpha value is -0.200. The van der Waals surface area contributed by atoms with Gasteiger partial charge in [0, 0.05) is 0 Å². The summed E-state index contributed by atoms with van der Waals surface area (Å²) in [6, 6.07) is 0. The molecular formula is C10H24NO4+. The van der Waals surface area contributed by atoms with Gasteiger partial charge in [-0.3, -0.25) is 0 Å². The molecule has 0 bridgehead atoms. The maximum Gasteiger partial charge on any atom is 0.142 e. The van der Waals surface area contributed by atoms with Crippen molar-refractivity contribution in [2.75, 3.05) is 39.5 Å². The molecule has 0 aromatic rings. The molecule has 0 unspecified atom stereocenters. The van der Waals surface area contributed by atoms with Crippen LogP contribution in [0.25, 0.3) is 0 Å². The van der Waals surface area contributed by atoms with E-state index in [2.05, 4.69) is 0 Å². The van der Waals surface area contributed by atoms with Crippen LogP contribution >= 0.6 is 0 Å². The standard InChI is InChI=1S/C10H24NO4/c1-3-5-11(6-4-2,14-9-7-12)15-10-8-13/h12-13H,3-10H2,1-2H3/q+1. The van der Waals surface area contributed by atoms with E-state index < -0.39 is 0 Å². The van der Waals surface area contributed by atoms with E-state index in [9.17, 15) is 0 Å². The van der Waals surface area contributed by atoms with Crippen molar-refractivity contribution in [3.05, 3.63) is 0 Å². The van der Waals surface area contributed by atoms with Gasteiger partial charge in [0.15, 0.2) is 0 Å². The molecule has 0 amide bonds. The molecular weight excluding hydrogens is 198 g/mol. The van der Waals surface area contributed by atoms with Gasteiger partial charge in [-0.15, -0.1) is 0 Å². The second-order valence-corrected chi connectivity index (χ2v) is 3.38. The van der Waals surface area contributed by atoms with Gasteiger partial charge in [0.25, 0.3) is 0 Å². The molecule has 5 nitrogen and oxygen atoms in total. The normalized spacial score (nSPS) is 12.0. The predicted molar refractivity (Wildman–Crippen MR) is 56.7 cm³/mol. The van der Waals surface area contributed by atoms with Gasteiger partial charge in [-0.05, 0) is 17.7 Å². The van der Waals surface area contributed by atoms with Crippen molar-refractivity contribution in [1.29, 1.82) is 0 Å². The zero-order valence-corrected chi connectivity index (χ0v) is 9.81. The Balaban J connectivity index is 4.26. The lowest BCUT2D eigenvalue weighted by atomic mass is 10.4. The van der Waals surface area contributed by atoms with E-state index in [1.54, 1.807) is 0 Å². The minimum Gasteiger partial charge on any atom is -0.394 e. The Morgan fingerprint density at radius 1 is 0.867 bits per heavy atom. The van der Waals surface area contributed by atoms with Gasteiger partial charge < -0.3 is 10.2 Å². The summed E-state index contributed by atoms with van der Waals surface area (Å²) in [6.07, 6.45) is 1.85. The summed E-state index contributed by atoms with van der Waals surface area (Å²) in [4.78, 5) is 11.1. The number of aliphatic hydroxyl groups excluding tert-OH is 2. The van der Waals surface area contributed by atoms with Crippen LogP contribution < -0.4 is 0 Å². The van der Waals surface area contributed by atoms with Crippen LogP contribution in [0.3, 0.4) is 0 Å². The van der Waals surface area contributed by atoms with E-state index in [1.165, 1.54) is 0 Å². The molecule has 0 fully saturated rings. The number of hydrogen-bond donors (Lipinski definition) is 2. The Labute approximate surface area is 91.7 Å². The molecule has 0 radical (unpaired) electrons. The van der Waals surface area contributed by atoms with Crippen molar-refractivity contribution in [3.8, 4) is 0 Å².